The number of carbonyl (C=O) groups excluding carboxylic acids is 2. The van der Waals surface area contributed by atoms with Crippen molar-refractivity contribution in [1.82, 2.24) is 4.90 Å². The van der Waals surface area contributed by atoms with Crippen molar-refractivity contribution in [1.29, 1.82) is 0 Å². The number of hydrogen-bond acceptors (Lipinski definition) is 2. The average molecular weight is 241 g/mol. The zero-order valence-corrected chi connectivity index (χ0v) is 9.74. The molecule has 5 heteroatoms. The minimum atomic E-state index is -0.717. The van der Waals surface area contributed by atoms with Gasteiger partial charge in [0.05, 0.1) is 17.2 Å². The number of alkyl halides is 1. The van der Waals surface area contributed by atoms with Gasteiger partial charge in [0.25, 0.3) is 11.8 Å². The monoisotopic (exact) mass is 241 g/mol. The van der Waals surface area contributed by atoms with E-state index in [1.54, 1.807) is 24.3 Å². The van der Waals surface area contributed by atoms with Gasteiger partial charge in [0.1, 0.15) is 6.67 Å². The van der Waals surface area contributed by atoms with E-state index < -0.39 is 24.5 Å². The van der Waals surface area contributed by atoms with Crippen molar-refractivity contribution in [3.8, 4) is 0 Å². The molecule has 0 bridgehead atoms. The van der Waals surface area contributed by atoms with Crippen LogP contribution in [0.15, 0.2) is 24.3 Å². The summed E-state index contributed by atoms with van der Waals surface area (Å²) in [6, 6.07) is 5.85. The molecule has 0 saturated heterocycles. The van der Waals surface area contributed by atoms with Gasteiger partial charge in [-0.05, 0) is 19.1 Å². The van der Waals surface area contributed by atoms with Gasteiger partial charge in [-0.15, -0.1) is 0 Å². The van der Waals surface area contributed by atoms with E-state index in [0.717, 1.165) is 4.90 Å². The molecule has 1 aromatic carbocycles. The molecule has 86 valence electrons. The fraction of sp³-hybridized carbons (Fsp3) is 0.273. The standard InChI is InChI=1S/C11H10FNO2.H2S/c1-7(6-12)13-10(14)8-4-2-3-5-9(8)11(13)15;/h2-5,7H,6H2,1H3;1H2/t7-;/m0./s1. The second kappa shape index (κ2) is 4.65. The molecule has 2 rings (SSSR count). The predicted octanol–water partition coefficient (Wildman–Crippen LogP) is 1.75. The number of amides is 2. The fourth-order valence-electron chi connectivity index (χ4n) is 1.68. The molecule has 0 saturated carbocycles. The highest BCUT2D eigenvalue weighted by Crippen LogP contribution is 2.24. The normalized spacial score (nSPS) is 15.8. The zero-order valence-electron chi connectivity index (χ0n) is 8.74. The molecule has 0 aromatic heterocycles. The summed E-state index contributed by atoms with van der Waals surface area (Å²) < 4.78 is 12.5. The van der Waals surface area contributed by atoms with Gasteiger partial charge in [-0.25, -0.2) is 4.39 Å². The largest absolute Gasteiger partial charge is 0.269 e. The number of imide groups is 1. The van der Waals surface area contributed by atoms with Crippen LogP contribution in [0.4, 0.5) is 4.39 Å². The van der Waals surface area contributed by atoms with Crippen LogP contribution in [0, 0.1) is 0 Å². The molecule has 1 aromatic rings. The minimum absolute atomic E-state index is 0. The van der Waals surface area contributed by atoms with Gasteiger partial charge >= 0.3 is 0 Å². The highest BCUT2D eigenvalue weighted by Gasteiger charge is 2.37. The van der Waals surface area contributed by atoms with Gasteiger partial charge in [-0.2, -0.15) is 13.5 Å². The SMILES string of the molecule is C[C@@H](CF)N1C(=O)c2ccccc2C1=O.S. The van der Waals surface area contributed by atoms with Gasteiger partial charge in [-0.3, -0.25) is 14.5 Å². The van der Waals surface area contributed by atoms with Crippen LogP contribution < -0.4 is 0 Å². The van der Waals surface area contributed by atoms with Crippen LogP contribution in [0.5, 0.6) is 0 Å². The van der Waals surface area contributed by atoms with E-state index in [0.29, 0.717) is 11.1 Å². The third-order valence-corrected chi connectivity index (χ3v) is 2.49. The minimum Gasteiger partial charge on any atom is -0.269 e. The highest BCUT2D eigenvalue weighted by atomic mass is 32.1. The molecule has 0 fully saturated rings. The highest BCUT2D eigenvalue weighted by molar-refractivity contribution is 7.59. The van der Waals surface area contributed by atoms with Crippen molar-refractivity contribution in [3.63, 3.8) is 0 Å². The van der Waals surface area contributed by atoms with E-state index in [9.17, 15) is 14.0 Å². The molecular weight excluding hydrogens is 229 g/mol. The Hall–Kier alpha value is -1.36. The second-order valence-corrected chi connectivity index (χ2v) is 3.53. The summed E-state index contributed by atoms with van der Waals surface area (Å²) in [6.45, 7) is 0.799. The lowest BCUT2D eigenvalue weighted by molar-refractivity contribution is 0.0575. The smallest absolute Gasteiger partial charge is 0.261 e. The lowest BCUT2D eigenvalue weighted by Gasteiger charge is -2.18. The van der Waals surface area contributed by atoms with Gasteiger partial charge in [0.15, 0.2) is 0 Å². The molecule has 1 aliphatic rings. The molecule has 0 N–H and O–H groups in total. The first kappa shape index (κ1) is 12.7. The molecule has 3 nitrogen and oxygen atoms in total. The average Bonchev–Trinajstić information content (AvgIpc) is 2.52. The van der Waals surface area contributed by atoms with Gasteiger partial charge in [-0.1, -0.05) is 12.1 Å². The van der Waals surface area contributed by atoms with Crippen molar-refractivity contribution in [3.05, 3.63) is 35.4 Å². The Balaban J connectivity index is 0.00000128. The first-order chi connectivity index (χ1) is 7.16. The quantitative estimate of drug-likeness (QED) is 0.740. The number of halogens is 1. The van der Waals surface area contributed by atoms with E-state index >= 15 is 0 Å². The molecule has 0 radical (unpaired) electrons. The Labute approximate surface area is 99.7 Å². The molecule has 0 spiro atoms. The predicted molar refractivity (Wildman–Crippen MR) is 62.8 cm³/mol. The van der Waals surface area contributed by atoms with Crippen molar-refractivity contribution in [2.45, 2.75) is 13.0 Å². The van der Waals surface area contributed by atoms with E-state index in [1.165, 1.54) is 6.92 Å². The summed E-state index contributed by atoms with van der Waals surface area (Å²) >= 11 is 0. The molecule has 1 heterocycles. The summed E-state index contributed by atoms with van der Waals surface area (Å²) in [5, 5.41) is 0. The summed E-state index contributed by atoms with van der Waals surface area (Å²) in [7, 11) is 0. The number of hydrogen-bond donors (Lipinski definition) is 0. The second-order valence-electron chi connectivity index (χ2n) is 3.53. The molecule has 0 unspecified atom stereocenters. The Kier molecular flexibility index (Phi) is 3.70. The summed E-state index contributed by atoms with van der Waals surface area (Å²) in [6.07, 6.45) is 0. The summed E-state index contributed by atoms with van der Waals surface area (Å²) in [5.41, 5.74) is 0.727. The van der Waals surface area contributed by atoms with Crippen LogP contribution in [-0.2, 0) is 0 Å². The van der Waals surface area contributed by atoms with E-state index in [-0.39, 0.29) is 13.5 Å². The topological polar surface area (TPSA) is 37.4 Å². The Morgan fingerprint density at radius 2 is 1.62 bits per heavy atom. The zero-order chi connectivity index (χ0) is 11.0. The van der Waals surface area contributed by atoms with E-state index in [2.05, 4.69) is 0 Å². The Morgan fingerprint density at radius 1 is 1.19 bits per heavy atom. The first-order valence-electron chi connectivity index (χ1n) is 4.69. The van der Waals surface area contributed by atoms with Gasteiger partial charge in [0.2, 0.25) is 0 Å². The third-order valence-electron chi connectivity index (χ3n) is 2.49. The number of benzene rings is 1. The van der Waals surface area contributed by atoms with Gasteiger partial charge < -0.3 is 0 Å². The summed E-state index contributed by atoms with van der Waals surface area (Å²) in [4.78, 5) is 24.5. The van der Waals surface area contributed by atoms with Crippen LogP contribution in [-0.4, -0.2) is 29.4 Å². The maximum absolute atomic E-state index is 12.5. The molecule has 0 aliphatic carbocycles. The van der Waals surface area contributed by atoms with Crippen LogP contribution in [0.3, 0.4) is 0 Å². The van der Waals surface area contributed by atoms with Gasteiger partial charge in [0, 0.05) is 0 Å². The molecule has 1 aliphatic heterocycles. The number of rotatable bonds is 2. The van der Waals surface area contributed by atoms with Crippen LogP contribution in [0.25, 0.3) is 0 Å². The molecule has 1 atom stereocenters. The lowest BCUT2D eigenvalue weighted by atomic mass is 10.1. The van der Waals surface area contributed by atoms with Crippen LogP contribution in [0.2, 0.25) is 0 Å². The number of carbonyl (C=O) groups is 2. The third kappa shape index (κ3) is 1.71. The summed E-state index contributed by atoms with van der Waals surface area (Å²) in [5.74, 6) is -0.804. The molecular formula is C11H12FNO2S. The van der Waals surface area contributed by atoms with Crippen molar-refractivity contribution < 1.29 is 14.0 Å². The first-order valence-corrected chi connectivity index (χ1v) is 4.69. The number of nitrogens with zero attached hydrogens (tertiary/aromatic N) is 1. The maximum atomic E-state index is 12.5. The van der Waals surface area contributed by atoms with Crippen molar-refractivity contribution in [2.24, 2.45) is 0 Å². The number of fused-ring (bicyclic) bond motifs is 1. The van der Waals surface area contributed by atoms with Crippen molar-refractivity contribution in [2.75, 3.05) is 6.67 Å². The Morgan fingerprint density at radius 3 is 2.00 bits per heavy atom. The lowest BCUT2D eigenvalue weighted by Crippen LogP contribution is -2.39. The molecule has 2 amide bonds. The maximum Gasteiger partial charge on any atom is 0.261 e. The van der Waals surface area contributed by atoms with E-state index in [1.807, 2.05) is 0 Å². The van der Waals surface area contributed by atoms with E-state index in [4.69, 9.17) is 0 Å². The Bertz CT molecular complexity index is 401. The van der Waals surface area contributed by atoms with Crippen molar-refractivity contribution >= 4 is 25.3 Å². The van der Waals surface area contributed by atoms with Crippen LogP contribution >= 0.6 is 13.5 Å². The van der Waals surface area contributed by atoms with Crippen LogP contribution in [0.1, 0.15) is 27.6 Å². The fourth-order valence-corrected chi connectivity index (χ4v) is 1.68. The molecule has 16 heavy (non-hydrogen) atoms.